The van der Waals surface area contributed by atoms with E-state index in [0.717, 1.165) is 89.8 Å². The smallest absolute Gasteiger partial charge is 0.0755 e. The third-order valence-corrected chi connectivity index (χ3v) is 32.4. The topological polar surface area (TPSA) is 16.3 Å². The van der Waals surface area contributed by atoms with Gasteiger partial charge in [-0.15, -0.1) is 0 Å². The Labute approximate surface area is 842 Å². The average molecular weight is 1840 g/mol. The fraction of sp³-hybridized carbons (Fsp3) is 0.0213. The van der Waals surface area contributed by atoms with Gasteiger partial charge in [0.1, 0.15) is 0 Å². The van der Waals surface area contributed by atoms with Gasteiger partial charge in [0.25, 0.3) is 0 Å². The van der Waals surface area contributed by atoms with Crippen LogP contribution >= 0.6 is 0 Å². The molecule has 2 unspecified atom stereocenters. The van der Waals surface area contributed by atoms with E-state index in [1.54, 1.807) is 0 Å². The lowest BCUT2D eigenvalue weighted by atomic mass is 9.65. The second kappa shape index (κ2) is 32.2. The van der Waals surface area contributed by atoms with Gasteiger partial charge in [0.15, 0.2) is 0 Å². The first-order valence-corrected chi connectivity index (χ1v) is 50.5. The molecule has 2 aromatic heterocycles. The highest BCUT2D eigenvalue weighted by atomic mass is 15.2. The van der Waals surface area contributed by atoms with Gasteiger partial charge in [0.2, 0.25) is 0 Å². The third-order valence-electron chi connectivity index (χ3n) is 32.4. The van der Waals surface area contributed by atoms with E-state index in [1.165, 1.54) is 177 Å². The Morgan fingerprint density at radius 2 is 0.469 bits per heavy atom. The lowest BCUT2D eigenvalue weighted by Gasteiger charge is -2.40. The first-order chi connectivity index (χ1) is 72.0. The maximum absolute atomic E-state index is 2.62. The van der Waals surface area contributed by atoms with Crippen LogP contribution in [0.4, 0.5) is 34.1 Å². The molecule has 0 fully saturated rings. The van der Waals surface area contributed by atoms with Crippen LogP contribution in [-0.4, -0.2) is 9.13 Å². The van der Waals surface area contributed by atoms with Crippen LogP contribution in [0.15, 0.2) is 546 Å². The van der Waals surface area contributed by atoms with Crippen LogP contribution in [0.3, 0.4) is 0 Å². The zero-order valence-electron chi connectivity index (χ0n) is 79.3. The second-order valence-electron chi connectivity index (χ2n) is 39.4. The van der Waals surface area contributed by atoms with Crippen LogP contribution in [0.1, 0.15) is 66.8 Å². The lowest BCUT2D eigenvalue weighted by Crippen LogP contribution is -2.33. The summed E-state index contributed by atoms with van der Waals surface area (Å²) in [6.45, 7) is 0. The van der Waals surface area contributed by atoms with Gasteiger partial charge in [-0.05, 0) is 258 Å². The maximum Gasteiger partial charge on any atom is 0.0755 e. The van der Waals surface area contributed by atoms with Crippen molar-refractivity contribution in [1.29, 1.82) is 0 Å². The molecule has 4 heteroatoms. The predicted octanol–water partition coefficient (Wildman–Crippen LogP) is 36.2. The molecule has 0 N–H and O–H groups in total. The lowest BCUT2D eigenvalue weighted by molar-refractivity contribution is 0.748. The molecule has 23 aromatic carbocycles. The third kappa shape index (κ3) is 11.8. The van der Waals surface area contributed by atoms with Crippen LogP contribution in [0, 0.1) is 0 Å². The SMILES string of the molecule is c1ccc(-c2ccc(-c3ccc(N(c4ccc5c(c4)C4(c6ccccc6-5)c5ccccc5-n5c6cccc(-c7ccc8c(c7)-c7ccc(N(c9ccc%10c(c9)C9(c%11ccccc%11-%10)c%10ccccc%10-n%10c%11ccccc%11c%11cccc9c%11%10)c9ccccc9-c9ccccc9-c9ccccc9)cc7C8(c7ccccc7)c7ccccc7)c6c6cccc4c65)c4ccccc4-c4ccccc4-c4ccccc4)cc3)cc2)cc1. The van der Waals surface area contributed by atoms with E-state index in [1.807, 2.05) is 0 Å². The Balaban J connectivity index is 0.614. The molecule has 2 aliphatic heterocycles. The quantitative estimate of drug-likeness (QED) is 0.102. The second-order valence-corrected chi connectivity index (χ2v) is 39.4. The number of nitrogens with zero attached hydrogens (tertiary/aromatic N) is 4. The summed E-state index contributed by atoms with van der Waals surface area (Å²) in [6.07, 6.45) is 0. The molecule has 0 saturated carbocycles. The minimum atomic E-state index is -0.809. The Morgan fingerprint density at radius 3 is 0.986 bits per heavy atom. The number of benzene rings is 23. The molecular formula is C141H90N4. The highest BCUT2D eigenvalue weighted by Crippen LogP contribution is 2.67. The summed E-state index contributed by atoms with van der Waals surface area (Å²) < 4.78 is 5.17. The molecule has 25 aromatic rings. The van der Waals surface area contributed by atoms with Crippen molar-refractivity contribution in [2.24, 2.45) is 0 Å². The number of hydrogen-bond acceptors (Lipinski definition) is 2. The fourth-order valence-electron chi connectivity index (χ4n) is 26.6. The van der Waals surface area contributed by atoms with Crippen LogP contribution in [0.5, 0.6) is 0 Å². The summed E-state index contributed by atoms with van der Waals surface area (Å²) in [5.41, 5.74) is 49.7. The van der Waals surface area contributed by atoms with Gasteiger partial charge in [-0.2, -0.15) is 0 Å². The normalized spacial score (nSPS) is 14.7. The van der Waals surface area contributed by atoms with Gasteiger partial charge < -0.3 is 18.9 Å². The molecule has 0 saturated heterocycles. The Kier molecular flexibility index (Phi) is 18.2. The van der Waals surface area contributed by atoms with Gasteiger partial charge in [-0.3, -0.25) is 0 Å². The van der Waals surface area contributed by atoms with Crippen molar-refractivity contribution < 1.29 is 0 Å². The van der Waals surface area contributed by atoms with Crippen molar-refractivity contribution in [2.45, 2.75) is 16.2 Å². The summed E-state index contributed by atoms with van der Waals surface area (Å²) >= 11 is 0. The van der Waals surface area contributed by atoms with E-state index >= 15 is 0 Å². The molecule has 5 aliphatic rings. The molecule has 4 heterocycles. The zero-order chi connectivity index (χ0) is 95.2. The maximum atomic E-state index is 2.62. The van der Waals surface area contributed by atoms with E-state index in [9.17, 15) is 0 Å². The molecule has 0 radical (unpaired) electrons. The molecule has 145 heavy (non-hydrogen) atoms. The summed E-state index contributed by atoms with van der Waals surface area (Å²) in [4.78, 5) is 5.13. The zero-order valence-corrected chi connectivity index (χ0v) is 79.3. The van der Waals surface area contributed by atoms with Gasteiger partial charge >= 0.3 is 0 Å². The van der Waals surface area contributed by atoms with E-state index in [4.69, 9.17) is 0 Å². The van der Waals surface area contributed by atoms with Crippen LogP contribution in [0.25, 0.3) is 166 Å². The Hall–Kier alpha value is -18.7. The van der Waals surface area contributed by atoms with Gasteiger partial charge in [0.05, 0.1) is 61.1 Å². The first kappa shape index (κ1) is 82.2. The van der Waals surface area contributed by atoms with E-state index < -0.39 is 16.2 Å². The number of anilines is 6. The molecule has 2 spiro atoms. The Bertz CT molecular complexity index is 9590. The molecule has 3 aliphatic carbocycles. The highest BCUT2D eigenvalue weighted by molar-refractivity contribution is 6.19. The molecule has 0 bridgehead atoms. The molecule has 30 rings (SSSR count). The molecule has 4 nitrogen and oxygen atoms in total. The number of rotatable bonds is 15. The van der Waals surface area contributed by atoms with Gasteiger partial charge in [-0.1, -0.05) is 455 Å². The summed E-state index contributed by atoms with van der Waals surface area (Å²) in [5.74, 6) is 0. The van der Waals surface area contributed by atoms with Crippen molar-refractivity contribution >= 4 is 77.7 Å². The summed E-state index contributed by atoms with van der Waals surface area (Å²) in [5, 5.41) is 4.92. The van der Waals surface area contributed by atoms with Gasteiger partial charge in [0, 0.05) is 55.4 Å². The Morgan fingerprint density at radius 1 is 0.152 bits per heavy atom. The summed E-state index contributed by atoms with van der Waals surface area (Å²) in [6, 6.07) is 207. The number of hydrogen-bond donors (Lipinski definition) is 0. The fourth-order valence-corrected chi connectivity index (χ4v) is 26.6. The van der Waals surface area contributed by atoms with Crippen molar-refractivity contribution in [3.63, 3.8) is 0 Å². The minimum Gasteiger partial charge on any atom is -0.310 e. The van der Waals surface area contributed by atoms with Crippen molar-refractivity contribution in [2.75, 3.05) is 9.80 Å². The minimum absolute atomic E-state index is 0.714. The highest BCUT2D eigenvalue weighted by Gasteiger charge is 2.55. The van der Waals surface area contributed by atoms with E-state index in [2.05, 4.69) is 565 Å². The number of fused-ring (bicyclic) bond motifs is 27. The van der Waals surface area contributed by atoms with Gasteiger partial charge in [-0.25, -0.2) is 0 Å². The summed E-state index contributed by atoms with van der Waals surface area (Å²) in [7, 11) is 0. The number of para-hydroxylation sites is 7. The van der Waals surface area contributed by atoms with E-state index in [-0.39, 0.29) is 0 Å². The molecule has 2 atom stereocenters. The first-order valence-electron chi connectivity index (χ1n) is 50.5. The van der Waals surface area contributed by atoms with Crippen molar-refractivity contribution in [1.82, 2.24) is 9.13 Å². The average Bonchev–Trinajstić information content (AvgIpc) is 1.52. The predicted molar refractivity (Wildman–Crippen MR) is 602 cm³/mol. The molecule has 674 valence electrons. The van der Waals surface area contributed by atoms with Crippen LogP contribution in [0.2, 0.25) is 0 Å². The molecular weight excluding hydrogens is 1750 g/mol. The largest absolute Gasteiger partial charge is 0.310 e. The molecule has 0 amide bonds. The number of aromatic nitrogens is 2. The van der Waals surface area contributed by atoms with Crippen LogP contribution in [-0.2, 0) is 16.2 Å². The van der Waals surface area contributed by atoms with E-state index in [0.29, 0.717) is 0 Å². The monoisotopic (exact) mass is 1840 g/mol. The van der Waals surface area contributed by atoms with Crippen molar-refractivity contribution in [3.8, 4) is 123 Å². The van der Waals surface area contributed by atoms with Crippen molar-refractivity contribution in [3.05, 3.63) is 613 Å². The standard InChI is InChI=1S/C141H90N4/c1-6-37-91(38-7-1)92-71-73-93(74-72-92)94-75-78-100(79-76-94)142(130-65-29-22-53-114(130)107-49-18-16-47-104(107)95-39-8-2-9-40-95)101-80-83-111-110-52-21-26-60-121(110)141(128(111)89-101)124-62-28-33-69-134(124)145-135-70-36-56-106(136(135)118-58-35-64-126(141)138(118)145)97-77-86-122-119(87-97)113-85-82-102(88-127(113)139(122,98-43-12-4-13-44-98)99-45-14-5-15-46-99)143(131-66-30-23-54-115(131)108-50-19-17-48-105(108)96-41-10-3-11-42-96)103-81-84-112-109-51-20-25-59-120(109)140(129(112)90-103)123-61-27-32-68-133(123)144-132-67-31-24-55-116(132)117-57-34-63-125(140)137(117)144/h1-90H. The van der Waals surface area contributed by atoms with Crippen LogP contribution < -0.4 is 9.80 Å².